The molecule has 0 heterocycles. The van der Waals surface area contributed by atoms with Gasteiger partial charge >= 0.3 is 0 Å². The molecule has 0 fully saturated rings. The molecule has 2 nitrogen and oxygen atoms in total. The van der Waals surface area contributed by atoms with Crippen molar-refractivity contribution in [2.24, 2.45) is 0 Å². The van der Waals surface area contributed by atoms with Crippen molar-refractivity contribution >= 4 is 28.9 Å². The summed E-state index contributed by atoms with van der Waals surface area (Å²) in [6.45, 7) is 2.15. The van der Waals surface area contributed by atoms with Crippen LogP contribution in [-0.4, -0.2) is 5.11 Å². The molecular weight excluding hydrogens is 288 g/mol. The zero-order valence-corrected chi connectivity index (χ0v) is 11.7. The van der Waals surface area contributed by atoms with E-state index in [1.54, 1.807) is 19.1 Å². The zero-order valence-electron chi connectivity index (χ0n) is 10.2. The van der Waals surface area contributed by atoms with Gasteiger partial charge in [0.1, 0.15) is 11.6 Å². The minimum atomic E-state index is -0.281. The fourth-order valence-electron chi connectivity index (χ4n) is 1.77. The molecule has 0 atom stereocenters. The molecule has 5 heteroatoms. The second-order valence-corrected chi connectivity index (χ2v) is 5.05. The van der Waals surface area contributed by atoms with E-state index in [9.17, 15) is 9.50 Å². The van der Waals surface area contributed by atoms with Crippen LogP contribution < -0.4 is 5.32 Å². The van der Waals surface area contributed by atoms with Crippen LogP contribution in [0.25, 0.3) is 0 Å². The lowest BCUT2D eigenvalue weighted by atomic mass is 10.1. The smallest absolute Gasteiger partial charge is 0.139 e. The van der Waals surface area contributed by atoms with E-state index in [1.807, 2.05) is 0 Å². The summed E-state index contributed by atoms with van der Waals surface area (Å²) in [5.74, 6) is -0.282. The minimum Gasteiger partial charge on any atom is -0.506 e. The molecule has 0 saturated heterocycles. The zero-order chi connectivity index (χ0) is 14.0. The molecule has 100 valence electrons. The van der Waals surface area contributed by atoms with Crippen LogP contribution >= 0.6 is 23.2 Å². The molecule has 0 aliphatic heterocycles. The number of aryl methyl sites for hydroxylation is 1. The van der Waals surface area contributed by atoms with Gasteiger partial charge in [0.2, 0.25) is 0 Å². The SMILES string of the molecule is Cc1cc(F)ccc1NCc1cc(Cl)cc(Cl)c1O. The molecule has 2 aromatic rings. The van der Waals surface area contributed by atoms with Crippen molar-refractivity contribution in [1.29, 1.82) is 0 Å². The predicted molar refractivity (Wildman–Crippen MR) is 76.6 cm³/mol. The molecule has 2 rings (SSSR count). The van der Waals surface area contributed by atoms with Crippen molar-refractivity contribution in [3.05, 3.63) is 57.3 Å². The van der Waals surface area contributed by atoms with Crippen molar-refractivity contribution < 1.29 is 9.50 Å². The van der Waals surface area contributed by atoms with Crippen LogP contribution in [0.1, 0.15) is 11.1 Å². The summed E-state index contributed by atoms with van der Waals surface area (Å²) in [7, 11) is 0. The highest BCUT2D eigenvalue weighted by Gasteiger charge is 2.08. The van der Waals surface area contributed by atoms with E-state index >= 15 is 0 Å². The lowest BCUT2D eigenvalue weighted by molar-refractivity contribution is 0.469. The number of rotatable bonds is 3. The van der Waals surface area contributed by atoms with Gasteiger partial charge in [-0.15, -0.1) is 0 Å². The standard InChI is InChI=1S/C14H12Cl2FNO/c1-8-4-11(17)2-3-13(8)18-7-9-5-10(15)6-12(16)14(9)19/h2-6,18-19H,7H2,1H3. The summed E-state index contributed by atoms with van der Waals surface area (Å²) in [4.78, 5) is 0. The Morgan fingerprint density at radius 1 is 1.21 bits per heavy atom. The molecule has 0 bridgehead atoms. The van der Waals surface area contributed by atoms with Crippen molar-refractivity contribution in [1.82, 2.24) is 0 Å². The molecule has 0 unspecified atom stereocenters. The lowest BCUT2D eigenvalue weighted by Gasteiger charge is -2.12. The first-order valence-electron chi connectivity index (χ1n) is 5.64. The number of nitrogens with one attached hydrogen (secondary N) is 1. The first-order valence-corrected chi connectivity index (χ1v) is 6.40. The Morgan fingerprint density at radius 3 is 2.63 bits per heavy atom. The van der Waals surface area contributed by atoms with Crippen LogP contribution in [0.4, 0.5) is 10.1 Å². The van der Waals surface area contributed by atoms with Crippen molar-refractivity contribution in [3.63, 3.8) is 0 Å². The normalized spacial score (nSPS) is 10.5. The molecule has 2 aromatic carbocycles. The Morgan fingerprint density at radius 2 is 1.95 bits per heavy atom. The number of hydrogen-bond acceptors (Lipinski definition) is 2. The monoisotopic (exact) mass is 299 g/mol. The first-order chi connectivity index (χ1) is 8.97. The van der Waals surface area contributed by atoms with Gasteiger partial charge in [0.25, 0.3) is 0 Å². The molecular formula is C14H12Cl2FNO. The number of hydrogen-bond donors (Lipinski definition) is 2. The van der Waals surface area contributed by atoms with Gasteiger partial charge in [0.15, 0.2) is 0 Å². The van der Waals surface area contributed by atoms with E-state index in [0.717, 1.165) is 11.3 Å². The number of halogens is 3. The third-order valence-electron chi connectivity index (χ3n) is 2.76. The largest absolute Gasteiger partial charge is 0.506 e. The van der Waals surface area contributed by atoms with Crippen LogP contribution in [0, 0.1) is 12.7 Å². The van der Waals surface area contributed by atoms with E-state index < -0.39 is 0 Å². The van der Waals surface area contributed by atoms with Gasteiger partial charge in [0.05, 0.1) is 5.02 Å². The highest BCUT2D eigenvalue weighted by molar-refractivity contribution is 6.35. The summed E-state index contributed by atoms with van der Waals surface area (Å²) in [5.41, 5.74) is 2.16. The van der Waals surface area contributed by atoms with Crippen LogP contribution in [0.3, 0.4) is 0 Å². The summed E-state index contributed by atoms with van der Waals surface area (Å²) in [6.07, 6.45) is 0. The van der Waals surface area contributed by atoms with Gasteiger partial charge in [0, 0.05) is 22.8 Å². The molecule has 19 heavy (non-hydrogen) atoms. The number of benzene rings is 2. The highest BCUT2D eigenvalue weighted by Crippen LogP contribution is 2.31. The number of phenolic OH excluding ortho intramolecular Hbond substituents is 1. The van der Waals surface area contributed by atoms with Crippen LogP contribution in [0.15, 0.2) is 30.3 Å². The van der Waals surface area contributed by atoms with Crippen molar-refractivity contribution in [2.75, 3.05) is 5.32 Å². The topological polar surface area (TPSA) is 32.3 Å². The van der Waals surface area contributed by atoms with Crippen molar-refractivity contribution in [2.45, 2.75) is 13.5 Å². The van der Waals surface area contributed by atoms with Gasteiger partial charge in [-0.1, -0.05) is 23.2 Å². The molecule has 0 aromatic heterocycles. The average molecular weight is 300 g/mol. The van der Waals surface area contributed by atoms with E-state index in [-0.39, 0.29) is 16.6 Å². The summed E-state index contributed by atoms with van der Waals surface area (Å²) in [5, 5.41) is 13.6. The van der Waals surface area contributed by atoms with Crippen LogP contribution in [0.2, 0.25) is 10.0 Å². The Labute approximate surface area is 120 Å². The predicted octanol–water partition coefficient (Wildman–Crippen LogP) is 4.76. The molecule has 0 radical (unpaired) electrons. The van der Waals surface area contributed by atoms with Gasteiger partial charge in [-0.3, -0.25) is 0 Å². The van der Waals surface area contributed by atoms with E-state index in [2.05, 4.69) is 5.32 Å². The number of anilines is 1. The molecule has 0 saturated carbocycles. The fourth-order valence-corrected chi connectivity index (χ4v) is 2.31. The molecule has 0 spiro atoms. The Bertz CT molecular complexity index is 617. The minimum absolute atomic E-state index is 0.00154. The molecule has 0 aliphatic carbocycles. The van der Waals surface area contributed by atoms with E-state index in [4.69, 9.17) is 23.2 Å². The quantitative estimate of drug-likeness (QED) is 0.856. The second-order valence-electron chi connectivity index (χ2n) is 4.21. The molecule has 0 amide bonds. The third-order valence-corrected chi connectivity index (χ3v) is 3.27. The number of aromatic hydroxyl groups is 1. The molecule has 2 N–H and O–H groups in total. The van der Waals surface area contributed by atoms with Gasteiger partial charge in [-0.05, 0) is 42.8 Å². The number of phenols is 1. The maximum Gasteiger partial charge on any atom is 0.139 e. The van der Waals surface area contributed by atoms with Gasteiger partial charge in [-0.2, -0.15) is 0 Å². The Kier molecular flexibility index (Phi) is 4.17. The summed E-state index contributed by atoms with van der Waals surface area (Å²) < 4.78 is 13.0. The maximum atomic E-state index is 13.0. The Balaban J connectivity index is 2.19. The fraction of sp³-hybridized carbons (Fsp3) is 0.143. The average Bonchev–Trinajstić information content (AvgIpc) is 2.33. The molecule has 0 aliphatic rings. The van der Waals surface area contributed by atoms with Gasteiger partial charge in [-0.25, -0.2) is 4.39 Å². The van der Waals surface area contributed by atoms with Crippen molar-refractivity contribution in [3.8, 4) is 5.75 Å². The summed E-state index contributed by atoms with van der Waals surface area (Å²) >= 11 is 11.7. The highest BCUT2D eigenvalue weighted by atomic mass is 35.5. The van der Waals surface area contributed by atoms with E-state index in [1.165, 1.54) is 18.2 Å². The van der Waals surface area contributed by atoms with Gasteiger partial charge < -0.3 is 10.4 Å². The lowest BCUT2D eigenvalue weighted by Crippen LogP contribution is -2.02. The third kappa shape index (κ3) is 3.31. The Hall–Kier alpha value is -1.45. The maximum absolute atomic E-state index is 13.0. The second kappa shape index (κ2) is 5.68. The summed E-state index contributed by atoms with van der Waals surface area (Å²) in [6, 6.07) is 7.57. The van der Waals surface area contributed by atoms with E-state index in [0.29, 0.717) is 17.1 Å². The van der Waals surface area contributed by atoms with Crippen LogP contribution in [0.5, 0.6) is 5.75 Å². The first kappa shape index (κ1) is 14.0. The van der Waals surface area contributed by atoms with Crippen LogP contribution in [-0.2, 0) is 6.54 Å².